The standard InChI is InChI=1S/C15H22FN3O2S/c1-12(8-9-17)19(4)22(20,21)18-11-15(2,3)13-6-5-7-14(16)10-13/h5-7,10,12,18H,8,11H2,1-4H3/t12-/m0/s1. The summed E-state index contributed by atoms with van der Waals surface area (Å²) in [4.78, 5) is 0. The molecule has 0 saturated carbocycles. The molecule has 122 valence electrons. The normalized spacial score (nSPS) is 13.9. The van der Waals surface area contributed by atoms with Gasteiger partial charge in [-0.25, -0.2) is 9.11 Å². The van der Waals surface area contributed by atoms with Gasteiger partial charge in [-0.3, -0.25) is 0 Å². The van der Waals surface area contributed by atoms with Crippen molar-refractivity contribution in [2.24, 2.45) is 0 Å². The van der Waals surface area contributed by atoms with Crippen LogP contribution in [0.1, 0.15) is 32.8 Å². The zero-order valence-electron chi connectivity index (χ0n) is 13.3. The molecule has 0 amide bonds. The van der Waals surface area contributed by atoms with Gasteiger partial charge in [0.05, 0.1) is 12.5 Å². The fourth-order valence-electron chi connectivity index (χ4n) is 1.88. The maximum Gasteiger partial charge on any atom is 0.279 e. The summed E-state index contributed by atoms with van der Waals surface area (Å²) >= 11 is 0. The third kappa shape index (κ3) is 4.77. The number of nitriles is 1. The number of nitrogens with one attached hydrogen (secondary N) is 1. The Bertz CT molecular complexity index is 653. The second-order valence-corrected chi connectivity index (χ2v) is 7.76. The molecule has 0 aliphatic rings. The van der Waals surface area contributed by atoms with Gasteiger partial charge in [0, 0.05) is 25.0 Å². The van der Waals surface area contributed by atoms with Crippen LogP contribution in [0.5, 0.6) is 0 Å². The van der Waals surface area contributed by atoms with Crippen LogP contribution in [0.25, 0.3) is 0 Å². The van der Waals surface area contributed by atoms with Crippen molar-refractivity contribution in [3.05, 3.63) is 35.6 Å². The lowest BCUT2D eigenvalue weighted by Gasteiger charge is -2.28. The summed E-state index contributed by atoms with van der Waals surface area (Å²) < 4.78 is 41.4. The molecular weight excluding hydrogens is 305 g/mol. The maximum atomic E-state index is 13.3. The van der Waals surface area contributed by atoms with E-state index in [9.17, 15) is 12.8 Å². The molecule has 5 nitrogen and oxygen atoms in total. The second-order valence-electron chi connectivity index (χ2n) is 5.95. The van der Waals surface area contributed by atoms with Gasteiger partial charge < -0.3 is 0 Å². The quantitative estimate of drug-likeness (QED) is 0.834. The Hall–Kier alpha value is -1.49. The Morgan fingerprint density at radius 3 is 2.64 bits per heavy atom. The highest BCUT2D eigenvalue weighted by Crippen LogP contribution is 2.23. The van der Waals surface area contributed by atoms with Crippen LogP contribution < -0.4 is 4.72 Å². The highest BCUT2D eigenvalue weighted by atomic mass is 32.2. The van der Waals surface area contributed by atoms with Gasteiger partial charge in [-0.05, 0) is 24.6 Å². The fourth-order valence-corrected chi connectivity index (χ4v) is 3.18. The van der Waals surface area contributed by atoms with Crippen molar-refractivity contribution in [3.8, 4) is 6.07 Å². The van der Waals surface area contributed by atoms with Crippen molar-refractivity contribution < 1.29 is 12.8 Å². The third-order valence-electron chi connectivity index (χ3n) is 3.69. The van der Waals surface area contributed by atoms with Gasteiger partial charge in [0.25, 0.3) is 10.2 Å². The number of nitrogens with zero attached hydrogens (tertiary/aromatic N) is 2. The van der Waals surface area contributed by atoms with E-state index in [1.165, 1.54) is 19.2 Å². The molecule has 0 aliphatic carbocycles. The summed E-state index contributed by atoms with van der Waals surface area (Å²) in [6, 6.07) is 7.64. The summed E-state index contributed by atoms with van der Waals surface area (Å²) in [5.74, 6) is -0.354. The molecule has 1 aromatic carbocycles. The molecule has 0 saturated heterocycles. The van der Waals surface area contributed by atoms with Crippen molar-refractivity contribution >= 4 is 10.2 Å². The maximum absolute atomic E-state index is 13.3. The first-order chi connectivity index (χ1) is 10.1. The van der Waals surface area contributed by atoms with E-state index in [0.717, 1.165) is 4.31 Å². The zero-order chi connectivity index (χ0) is 17.0. The van der Waals surface area contributed by atoms with E-state index in [1.54, 1.807) is 19.1 Å². The molecule has 22 heavy (non-hydrogen) atoms. The predicted molar refractivity (Wildman–Crippen MR) is 83.8 cm³/mol. The number of halogens is 1. The lowest BCUT2D eigenvalue weighted by molar-refractivity contribution is 0.380. The molecule has 0 bridgehead atoms. The molecule has 1 rings (SSSR count). The van der Waals surface area contributed by atoms with E-state index in [0.29, 0.717) is 5.56 Å². The number of benzene rings is 1. The Balaban J connectivity index is 2.81. The highest BCUT2D eigenvalue weighted by Gasteiger charge is 2.27. The Labute approximate surface area is 131 Å². The van der Waals surface area contributed by atoms with Crippen LogP contribution in [0.15, 0.2) is 24.3 Å². The van der Waals surface area contributed by atoms with Gasteiger partial charge in [0.1, 0.15) is 5.82 Å². The van der Waals surface area contributed by atoms with Crippen LogP contribution in [-0.4, -0.2) is 32.4 Å². The molecule has 0 spiro atoms. The molecular formula is C15H22FN3O2S. The molecule has 0 heterocycles. The minimum absolute atomic E-state index is 0.116. The number of hydrogen-bond donors (Lipinski definition) is 1. The first-order valence-electron chi connectivity index (χ1n) is 6.96. The lowest BCUT2D eigenvalue weighted by atomic mass is 9.85. The lowest BCUT2D eigenvalue weighted by Crippen LogP contribution is -2.46. The molecule has 1 aromatic rings. The summed E-state index contributed by atoms with van der Waals surface area (Å²) in [7, 11) is -2.26. The SMILES string of the molecule is C[C@@H](CC#N)N(C)S(=O)(=O)NCC(C)(C)c1cccc(F)c1. The molecule has 1 N–H and O–H groups in total. The molecule has 0 aliphatic heterocycles. The van der Waals surface area contributed by atoms with Crippen molar-refractivity contribution in [2.75, 3.05) is 13.6 Å². The van der Waals surface area contributed by atoms with Crippen LogP contribution in [0.2, 0.25) is 0 Å². The van der Waals surface area contributed by atoms with E-state index in [4.69, 9.17) is 5.26 Å². The minimum atomic E-state index is -3.69. The molecule has 0 fully saturated rings. The summed E-state index contributed by atoms with van der Waals surface area (Å²) in [5, 5.41) is 8.66. The largest absolute Gasteiger partial charge is 0.279 e. The van der Waals surface area contributed by atoms with Crippen LogP contribution in [0.4, 0.5) is 4.39 Å². The van der Waals surface area contributed by atoms with E-state index in [-0.39, 0.29) is 18.8 Å². The van der Waals surface area contributed by atoms with Gasteiger partial charge in [-0.2, -0.15) is 18.0 Å². The Morgan fingerprint density at radius 1 is 1.45 bits per heavy atom. The first kappa shape index (κ1) is 18.6. The second kappa shape index (κ2) is 7.18. The van der Waals surface area contributed by atoms with Crippen LogP contribution in [0, 0.1) is 17.1 Å². The van der Waals surface area contributed by atoms with Crippen molar-refractivity contribution in [3.63, 3.8) is 0 Å². The summed E-state index contributed by atoms with van der Waals surface area (Å²) in [5.41, 5.74) is 0.150. The number of hydrogen-bond acceptors (Lipinski definition) is 3. The van der Waals surface area contributed by atoms with Gasteiger partial charge in [0.15, 0.2) is 0 Å². The zero-order valence-corrected chi connectivity index (χ0v) is 14.1. The van der Waals surface area contributed by atoms with Gasteiger partial charge in [-0.15, -0.1) is 0 Å². The van der Waals surface area contributed by atoms with E-state index in [1.807, 2.05) is 19.9 Å². The topological polar surface area (TPSA) is 73.2 Å². The average Bonchev–Trinajstić information content (AvgIpc) is 2.45. The molecule has 7 heteroatoms. The van der Waals surface area contributed by atoms with Gasteiger partial charge in [0.2, 0.25) is 0 Å². The summed E-state index contributed by atoms with van der Waals surface area (Å²) in [6.45, 7) is 5.47. The first-order valence-corrected chi connectivity index (χ1v) is 8.40. The smallest absolute Gasteiger partial charge is 0.207 e. The van der Waals surface area contributed by atoms with Crippen LogP contribution in [0.3, 0.4) is 0 Å². The summed E-state index contributed by atoms with van der Waals surface area (Å²) in [6.07, 6.45) is 0.116. The monoisotopic (exact) mass is 327 g/mol. The molecule has 0 radical (unpaired) electrons. The average molecular weight is 327 g/mol. The predicted octanol–water partition coefficient (Wildman–Crippen LogP) is 2.17. The van der Waals surface area contributed by atoms with Gasteiger partial charge >= 0.3 is 0 Å². The Morgan fingerprint density at radius 2 is 2.09 bits per heavy atom. The van der Waals surface area contributed by atoms with Crippen LogP contribution >= 0.6 is 0 Å². The Kier molecular flexibility index (Phi) is 6.06. The molecule has 0 aromatic heterocycles. The fraction of sp³-hybridized carbons (Fsp3) is 0.533. The van der Waals surface area contributed by atoms with Crippen molar-refractivity contribution in [1.29, 1.82) is 5.26 Å². The van der Waals surface area contributed by atoms with E-state index in [2.05, 4.69) is 4.72 Å². The number of rotatable bonds is 7. The van der Waals surface area contributed by atoms with Gasteiger partial charge in [-0.1, -0.05) is 26.0 Å². The molecule has 0 unspecified atom stereocenters. The van der Waals surface area contributed by atoms with Crippen molar-refractivity contribution in [1.82, 2.24) is 9.03 Å². The molecule has 1 atom stereocenters. The minimum Gasteiger partial charge on any atom is -0.207 e. The van der Waals surface area contributed by atoms with E-state index >= 15 is 0 Å². The van der Waals surface area contributed by atoms with Crippen molar-refractivity contribution in [2.45, 2.75) is 38.6 Å². The third-order valence-corrected chi connectivity index (χ3v) is 5.32. The van der Waals surface area contributed by atoms with Crippen LogP contribution in [-0.2, 0) is 15.6 Å². The highest BCUT2D eigenvalue weighted by molar-refractivity contribution is 7.87. The van der Waals surface area contributed by atoms with E-state index < -0.39 is 21.7 Å².